The average Bonchev–Trinajstić information content (AvgIpc) is 2.68. The minimum atomic E-state index is -0.583. The first-order valence-corrected chi connectivity index (χ1v) is 9.05. The lowest BCUT2D eigenvalue weighted by Crippen LogP contribution is -2.30. The minimum absolute atomic E-state index is 0.0333. The summed E-state index contributed by atoms with van der Waals surface area (Å²) in [5.74, 6) is -0.465. The molecule has 0 radical (unpaired) electrons. The van der Waals surface area contributed by atoms with Gasteiger partial charge in [-0.2, -0.15) is 0 Å². The molecule has 146 valence electrons. The minimum Gasteiger partial charge on any atom is -0.339 e. The van der Waals surface area contributed by atoms with Crippen molar-refractivity contribution in [2.75, 3.05) is 18.4 Å². The molecule has 2 amide bonds. The molecule has 0 heterocycles. The van der Waals surface area contributed by atoms with Crippen LogP contribution in [0.25, 0.3) is 6.08 Å². The van der Waals surface area contributed by atoms with Gasteiger partial charge in [-0.3, -0.25) is 19.7 Å². The smallest absolute Gasteiger partial charge is 0.288 e. The molecule has 8 heteroatoms. The summed E-state index contributed by atoms with van der Waals surface area (Å²) in [5.41, 5.74) is 1.34. The summed E-state index contributed by atoms with van der Waals surface area (Å²) in [5, 5.41) is 13.6. The van der Waals surface area contributed by atoms with Gasteiger partial charge in [0.25, 0.3) is 11.6 Å². The molecule has 0 saturated heterocycles. The molecule has 0 spiro atoms. The number of nitrogens with zero attached hydrogens (tertiary/aromatic N) is 2. The third kappa shape index (κ3) is 5.40. The highest BCUT2D eigenvalue weighted by atomic mass is 35.5. The van der Waals surface area contributed by atoms with Gasteiger partial charge in [0.15, 0.2) is 0 Å². The fourth-order valence-corrected chi connectivity index (χ4v) is 2.71. The standard InChI is InChI=1S/C20H20ClN3O4/c1-3-23(4-2)20(26)15-7-9-16(10-8-15)22-19(25)12-6-14-5-11-17(21)18(13-14)24(27)28/h5-13H,3-4H2,1-2H3,(H,22,25)/b12-6+. The van der Waals surface area contributed by atoms with Crippen molar-refractivity contribution in [3.8, 4) is 0 Å². The van der Waals surface area contributed by atoms with Gasteiger partial charge in [0.2, 0.25) is 5.91 Å². The second-order valence-electron chi connectivity index (χ2n) is 5.85. The predicted molar refractivity (Wildman–Crippen MR) is 109 cm³/mol. The van der Waals surface area contributed by atoms with Gasteiger partial charge in [-0.15, -0.1) is 0 Å². The van der Waals surface area contributed by atoms with E-state index in [2.05, 4.69) is 5.32 Å². The maximum absolute atomic E-state index is 12.3. The molecule has 0 unspecified atom stereocenters. The molecule has 0 aliphatic rings. The van der Waals surface area contributed by atoms with E-state index >= 15 is 0 Å². The highest BCUT2D eigenvalue weighted by Crippen LogP contribution is 2.25. The number of halogens is 1. The van der Waals surface area contributed by atoms with E-state index in [1.807, 2.05) is 13.8 Å². The number of benzene rings is 2. The van der Waals surface area contributed by atoms with Crippen LogP contribution >= 0.6 is 11.6 Å². The normalized spacial score (nSPS) is 10.7. The average molecular weight is 402 g/mol. The van der Waals surface area contributed by atoms with E-state index in [-0.39, 0.29) is 16.6 Å². The number of hydrogen-bond donors (Lipinski definition) is 1. The lowest BCUT2D eigenvalue weighted by molar-refractivity contribution is -0.384. The van der Waals surface area contributed by atoms with Crippen molar-refractivity contribution in [1.82, 2.24) is 4.90 Å². The Kier molecular flexibility index (Phi) is 7.28. The van der Waals surface area contributed by atoms with Gasteiger partial charge in [-0.1, -0.05) is 17.7 Å². The van der Waals surface area contributed by atoms with Gasteiger partial charge in [-0.05, 0) is 55.8 Å². The van der Waals surface area contributed by atoms with Crippen LogP contribution in [-0.2, 0) is 4.79 Å². The summed E-state index contributed by atoms with van der Waals surface area (Å²) in [6.07, 6.45) is 2.72. The van der Waals surface area contributed by atoms with Gasteiger partial charge in [0.1, 0.15) is 5.02 Å². The molecule has 0 fully saturated rings. The molecule has 0 aliphatic carbocycles. The molecule has 0 aromatic heterocycles. The van der Waals surface area contributed by atoms with Gasteiger partial charge < -0.3 is 10.2 Å². The van der Waals surface area contributed by atoms with Crippen LogP contribution in [0.3, 0.4) is 0 Å². The lowest BCUT2D eigenvalue weighted by atomic mass is 10.1. The van der Waals surface area contributed by atoms with E-state index in [4.69, 9.17) is 11.6 Å². The van der Waals surface area contributed by atoms with Crippen molar-refractivity contribution in [3.05, 3.63) is 74.8 Å². The molecule has 2 aromatic carbocycles. The molecule has 2 rings (SSSR count). The number of hydrogen-bond acceptors (Lipinski definition) is 4. The summed E-state index contributed by atoms with van der Waals surface area (Å²) in [7, 11) is 0. The Morgan fingerprint density at radius 2 is 1.79 bits per heavy atom. The van der Waals surface area contributed by atoms with E-state index in [1.165, 1.54) is 24.3 Å². The second-order valence-corrected chi connectivity index (χ2v) is 6.25. The van der Waals surface area contributed by atoms with Crippen LogP contribution in [0.15, 0.2) is 48.5 Å². The first kappa shape index (κ1) is 21.1. The SMILES string of the molecule is CCN(CC)C(=O)c1ccc(NC(=O)/C=C/c2ccc(Cl)c([N+](=O)[O-])c2)cc1. The largest absolute Gasteiger partial charge is 0.339 e. The number of carbonyl (C=O) groups excluding carboxylic acids is 2. The van der Waals surface area contributed by atoms with Crippen LogP contribution in [0.2, 0.25) is 5.02 Å². The van der Waals surface area contributed by atoms with Crippen molar-refractivity contribution >= 4 is 40.9 Å². The van der Waals surface area contributed by atoms with Crippen LogP contribution in [0.5, 0.6) is 0 Å². The highest BCUT2D eigenvalue weighted by Gasteiger charge is 2.13. The molecule has 7 nitrogen and oxygen atoms in total. The lowest BCUT2D eigenvalue weighted by Gasteiger charge is -2.18. The van der Waals surface area contributed by atoms with Crippen LogP contribution in [0.1, 0.15) is 29.8 Å². The Morgan fingerprint density at radius 1 is 1.14 bits per heavy atom. The zero-order valence-corrected chi connectivity index (χ0v) is 16.3. The molecule has 0 aliphatic heterocycles. The van der Waals surface area contributed by atoms with E-state index in [0.717, 1.165) is 0 Å². The predicted octanol–water partition coefficient (Wildman–Crippen LogP) is 4.38. The number of amides is 2. The highest BCUT2D eigenvalue weighted by molar-refractivity contribution is 6.32. The first-order chi connectivity index (χ1) is 13.3. The van der Waals surface area contributed by atoms with Crippen LogP contribution in [0, 0.1) is 10.1 Å². The second kappa shape index (κ2) is 9.66. The fraction of sp³-hybridized carbons (Fsp3) is 0.200. The summed E-state index contributed by atoms with van der Waals surface area (Å²) >= 11 is 5.76. The number of nitro benzene ring substituents is 1. The fourth-order valence-electron chi connectivity index (χ4n) is 2.52. The Morgan fingerprint density at radius 3 is 2.36 bits per heavy atom. The summed E-state index contributed by atoms with van der Waals surface area (Å²) in [6.45, 7) is 5.08. The number of rotatable bonds is 7. The number of nitrogens with one attached hydrogen (secondary N) is 1. The van der Waals surface area contributed by atoms with E-state index < -0.39 is 10.8 Å². The topological polar surface area (TPSA) is 92.6 Å². The van der Waals surface area contributed by atoms with Crippen molar-refractivity contribution in [1.29, 1.82) is 0 Å². The van der Waals surface area contributed by atoms with Gasteiger partial charge in [-0.25, -0.2) is 0 Å². The molecule has 0 bridgehead atoms. The van der Waals surface area contributed by atoms with Crippen molar-refractivity contribution < 1.29 is 14.5 Å². The van der Waals surface area contributed by atoms with Crippen LogP contribution in [0.4, 0.5) is 11.4 Å². The van der Waals surface area contributed by atoms with Gasteiger partial charge >= 0.3 is 0 Å². The summed E-state index contributed by atoms with van der Waals surface area (Å²) in [4.78, 5) is 36.4. The molecule has 0 atom stereocenters. The number of nitro groups is 1. The van der Waals surface area contributed by atoms with Gasteiger partial charge in [0.05, 0.1) is 4.92 Å². The zero-order chi connectivity index (χ0) is 20.7. The zero-order valence-electron chi connectivity index (χ0n) is 15.5. The molecular formula is C20H20ClN3O4. The van der Waals surface area contributed by atoms with E-state index in [9.17, 15) is 19.7 Å². The molecule has 1 N–H and O–H groups in total. The first-order valence-electron chi connectivity index (χ1n) is 8.68. The number of anilines is 1. The van der Waals surface area contributed by atoms with E-state index in [1.54, 1.807) is 35.2 Å². The van der Waals surface area contributed by atoms with Crippen molar-refractivity contribution in [2.24, 2.45) is 0 Å². The Bertz CT molecular complexity index is 906. The summed E-state index contributed by atoms with van der Waals surface area (Å²) < 4.78 is 0. The maximum atomic E-state index is 12.3. The van der Waals surface area contributed by atoms with Crippen LogP contribution in [-0.4, -0.2) is 34.7 Å². The Hall–Kier alpha value is -3.19. The molecule has 2 aromatic rings. The third-order valence-electron chi connectivity index (χ3n) is 4.04. The molecular weight excluding hydrogens is 382 g/mol. The Labute approximate surface area is 167 Å². The number of carbonyl (C=O) groups is 2. The summed E-state index contributed by atoms with van der Waals surface area (Å²) in [6, 6.07) is 10.9. The molecule has 0 saturated carbocycles. The maximum Gasteiger partial charge on any atom is 0.288 e. The van der Waals surface area contributed by atoms with Crippen molar-refractivity contribution in [3.63, 3.8) is 0 Å². The van der Waals surface area contributed by atoms with E-state index in [0.29, 0.717) is 29.9 Å². The Balaban J connectivity index is 2.03. The monoisotopic (exact) mass is 401 g/mol. The third-order valence-corrected chi connectivity index (χ3v) is 4.36. The molecule has 28 heavy (non-hydrogen) atoms. The van der Waals surface area contributed by atoms with Crippen LogP contribution < -0.4 is 5.32 Å². The van der Waals surface area contributed by atoms with Crippen molar-refractivity contribution in [2.45, 2.75) is 13.8 Å². The quantitative estimate of drug-likeness (QED) is 0.423. The van der Waals surface area contributed by atoms with Gasteiger partial charge in [0, 0.05) is 36.5 Å².